The number of carbonyl (C=O) groups is 2. The molecular formula is C27H38N2O6. The monoisotopic (exact) mass is 486 g/mol. The van der Waals surface area contributed by atoms with Crippen LogP contribution in [0.25, 0.3) is 11.0 Å². The Hall–Kier alpha value is -2.87. The third-order valence-corrected chi connectivity index (χ3v) is 6.58. The molecular weight excluding hydrogens is 448 g/mol. The van der Waals surface area contributed by atoms with Crippen molar-refractivity contribution >= 4 is 22.8 Å². The molecule has 8 heteroatoms. The van der Waals surface area contributed by atoms with Gasteiger partial charge in [-0.1, -0.05) is 57.8 Å². The second-order valence-electron chi connectivity index (χ2n) is 9.46. The molecule has 0 spiro atoms. The molecule has 1 aliphatic rings. The number of aliphatic hydroxyl groups is 1. The summed E-state index contributed by atoms with van der Waals surface area (Å²) in [7, 11) is 0. The van der Waals surface area contributed by atoms with Gasteiger partial charge in [0, 0.05) is 23.6 Å². The zero-order chi connectivity index (χ0) is 25.0. The highest BCUT2D eigenvalue weighted by molar-refractivity contribution is 5.88. The first kappa shape index (κ1) is 26.7. The minimum atomic E-state index is -1.04. The third kappa shape index (κ3) is 8.69. The molecule has 1 aromatic heterocycles. The van der Waals surface area contributed by atoms with Crippen LogP contribution in [-0.4, -0.2) is 42.2 Å². The molecule has 1 aromatic carbocycles. The number of carbonyl (C=O) groups excluding carboxylic acids is 2. The fourth-order valence-electron chi connectivity index (χ4n) is 4.58. The molecule has 1 aliphatic carbocycles. The summed E-state index contributed by atoms with van der Waals surface area (Å²) in [5, 5.41) is 16.1. The number of nitrogens with one attached hydrogen (secondary N) is 2. The van der Waals surface area contributed by atoms with E-state index in [2.05, 4.69) is 10.6 Å². The Kier molecular flexibility index (Phi) is 10.6. The number of rotatable bonds is 7. The summed E-state index contributed by atoms with van der Waals surface area (Å²) in [6, 6.07) is 5.43. The van der Waals surface area contributed by atoms with Crippen molar-refractivity contribution in [2.24, 2.45) is 0 Å². The zero-order valence-corrected chi connectivity index (χ0v) is 20.6. The van der Waals surface area contributed by atoms with Crippen molar-refractivity contribution in [3.8, 4) is 5.75 Å². The van der Waals surface area contributed by atoms with Crippen molar-refractivity contribution in [3.05, 3.63) is 40.2 Å². The highest BCUT2D eigenvalue weighted by Crippen LogP contribution is 2.22. The van der Waals surface area contributed by atoms with E-state index in [1.165, 1.54) is 51.0 Å². The predicted octanol–water partition coefficient (Wildman–Crippen LogP) is 3.75. The maximum atomic E-state index is 12.8. The number of amides is 2. The van der Waals surface area contributed by atoms with E-state index in [1.54, 1.807) is 18.2 Å². The van der Waals surface area contributed by atoms with Crippen LogP contribution in [0.15, 0.2) is 33.5 Å². The SMILES string of the molecule is Cc1cc(=O)oc2cc(OCC(=O)N[C@@H](CO)C(=O)NC3CCCCCCCCCCC3)ccc12. The smallest absolute Gasteiger partial charge is 0.336 e. The topological polar surface area (TPSA) is 118 Å². The summed E-state index contributed by atoms with van der Waals surface area (Å²) in [5.74, 6) is -0.538. The molecule has 1 fully saturated rings. The van der Waals surface area contributed by atoms with Crippen LogP contribution in [0.4, 0.5) is 0 Å². The lowest BCUT2D eigenvalue weighted by Crippen LogP contribution is -2.52. The molecule has 192 valence electrons. The average Bonchev–Trinajstić information content (AvgIpc) is 2.82. The van der Waals surface area contributed by atoms with Gasteiger partial charge in [0.25, 0.3) is 5.91 Å². The highest BCUT2D eigenvalue weighted by atomic mass is 16.5. The predicted molar refractivity (Wildman–Crippen MR) is 134 cm³/mol. The third-order valence-electron chi connectivity index (χ3n) is 6.58. The average molecular weight is 487 g/mol. The van der Waals surface area contributed by atoms with Gasteiger partial charge in [-0.2, -0.15) is 0 Å². The molecule has 0 saturated heterocycles. The molecule has 2 aromatic rings. The van der Waals surface area contributed by atoms with Gasteiger partial charge in [0.1, 0.15) is 17.4 Å². The summed E-state index contributed by atoms with van der Waals surface area (Å²) in [4.78, 5) is 36.8. The van der Waals surface area contributed by atoms with E-state index in [4.69, 9.17) is 9.15 Å². The van der Waals surface area contributed by atoms with E-state index >= 15 is 0 Å². The number of ether oxygens (including phenoxy) is 1. The van der Waals surface area contributed by atoms with Crippen LogP contribution in [0.5, 0.6) is 5.75 Å². The lowest BCUT2D eigenvalue weighted by Gasteiger charge is -2.23. The second kappa shape index (κ2) is 13.9. The van der Waals surface area contributed by atoms with Gasteiger partial charge < -0.3 is 24.9 Å². The fourth-order valence-corrected chi connectivity index (χ4v) is 4.58. The Bertz CT molecular complexity index is 1020. The number of hydrogen-bond acceptors (Lipinski definition) is 6. The van der Waals surface area contributed by atoms with Gasteiger partial charge in [-0.25, -0.2) is 4.79 Å². The van der Waals surface area contributed by atoms with E-state index in [0.29, 0.717) is 11.3 Å². The molecule has 3 N–H and O–H groups in total. The minimum Gasteiger partial charge on any atom is -0.484 e. The van der Waals surface area contributed by atoms with Gasteiger partial charge in [0.15, 0.2) is 6.61 Å². The van der Waals surface area contributed by atoms with Gasteiger partial charge in [-0.05, 0) is 37.5 Å². The van der Waals surface area contributed by atoms with Crippen molar-refractivity contribution in [3.63, 3.8) is 0 Å². The van der Waals surface area contributed by atoms with Crippen molar-refractivity contribution in [2.75, 3.05) is 13.2 Å². The molecule has 3 rings (SSSR count). The van der Waals surface area contributed by atoms with E-state index in [-0.39, 0.29) is 18.6 Å². The molecule has 0 radical (unpaired) electrons. The van der Waals surface area contributed by atoms with E-state index in [0.717, 1.165) is 36.6 Å². The number of fused-ring (bicyclic) bond motifs is 1. The molecule has 0 aliphatic heterocycles. The van der Waals surface area contributed by atoms with Crippen LogP contribution in [0, 0.1) is 6.92 Å². The number of hydrogen-bond donors (Lipinski definition) is 3. The Morgan fingerprint density at radius 3 is 2.29 bits per heavy atom. The molecule has 0 bridgehead atoms. The number of aryl methyl sites for hydroxylation is 1. The fraction of sp³-hybridized carbons (Fsp3) is 0.593. The molecule has 1 saturated carbocycles. The Labute approximate surface area is 206 Å². The van der Waals surface area contributed by atoms with Crippen molar-refractivity contribution in [1.82, 2.24) is 10.6 Å². The quantitative estimate of drug-likeness (QED) is 0.513. The lowest BCUT2D eigenvalue weighted by atomic mass is 9.97. The number of aliphatic hydroxyl groups excluding tert-OH is 1. The summed E-state index contributed by atoms with van der Waals surface area (Å²) in [6.07, 6.45) is 12.7. The summed E-state index contributed by atoms with van der Waals surface area (Å²) >= 11 is 0. The highest BCUT2D eigenvalue weighted by Gasteiger charge is 2.23. The van der Waals surface area contributed by atoms with Gasteiger partial charge in [-0.15, -0.1) is 0 Å². The first-order valence-electron chi connectivity index (χ1n) is 12.8. The molecule has 1 heterocycles. The maximum absolute atomic E-state index is 12.8. The summed E-state index contributed by atoms with van der Waals surface area (Å²) in [5.41, 5.74) is 0.708. The summed E-state index contributed by atoms with van der Waals surface area (Å²) in [6.45, 7) is 0.981. The van der Waals surface area contributed by atoms with Gasteiger partial charge in [0.2, 0.25) is 5.91 Å². The van der Waals surface area contributed by atoms with Crippen LogP contribution >= 0.6 is 0 Å². The molecule has 35 heavy (non-hydrogen) atoms. The molecule has 2 amide bonds. The Morgan fingerprint density at radius 1 is 1.03 bits per heavy atom. The molecule has 8 nitrogen and oxygen atoms in total. The summed E-state index contributed by atoms with van der Waals surface area (Å²) < 4.78 is 10.7. The van der Waals surface area contributed by atoms with Crippen LogP contribution < -0.4 is 21.0 Å². The van der Waals surface area contributed by atoms with Crippen molar-refractivity contribution < 1.29 is 23.8 Å². The van der Waals surface area contributed by atoms with Gasteiger partial charge in [-0.3, -0.25) is 9.59 Å². The molecule has 1 atom stereocenters. The van der Waals surface area contributed by atoms with E-state index < -0.39 is 24.2 Å². The minimum absolute atomic E-state index is 0.0554. The van der Waals surface area contributed by atoms with Crippen LogP contribution in [0.1, 0.15) is 76.2 Å². The largest absolute Gasteiger partial charge is 0.484 e. The van der Waals surface area contributed by atoms with E-state index in [1.807, 2.05) is 6.92 Å². The van der Waals surface area contributed by atoms with Crippen molar-refractivity contribution in [1.29, 1.82) is 0 Å². The first-order chi connectivity index (χ1) is 17.0. The van der Waals surface area contributed by atoms with E-state index in [9.17, 15) is 19.5 Å². The lowest BCUT2D eigenvalue weighted by molar-refractivity contribution is -0.131. The Balaban J connectivity index is 1.50. The first-order valence-corrected chi connectivity index (χ1v) is 12.8. The maximum Gasteiger partial charge on any atom is 0.336 e. The Morgan fingerprint density at radius 2 is 1.66 bits per heavy atom. The molecule has 0 unspecified atom stereocenters. The van der Waals surface area contributed by atoms with Crippen LogP contribution in [0.2, 0.25) is 0 Å². The van der Waals surface area contributed by atoms with Gasteiger partial charge >= 0.3 is 5.63 Å². The van der Waals surface area contributed by atoms with Gasteiger partial charge in [0.05, 0.1) is 6.61 Å². The zero-order valence-electron chi connectivity index (χ0n) is 20.6. The number of benzene rings is 1. The van der Waals surface area contributed by atoms with Crippen LogP contribution in [0.3, 0.4) is 0 Å². The standard InChI is InChI=1S/C27H38N2O6/c1-19-15-26(32)35-24-16-21(13-14-22(19)24)34-18-25(31)29-23(17-30)27(33)28-20-11-9-7-5-3-2-4-6-8-10-12-20/h13-16,20,23,30H,2-12,17-18H2,1H3,(H,28,33)(H,29,31)/t23-/m0/s1. The van der Waals surface area contributed by atoms with Crippen molar-refractivity contribution in [2.45, 2.75) is 89.6 Å². The second-order valence-corrected chi connectivity index (χ2v) is 9.46. The normalized spacial score (nSPS) is 17.1. The van der Waals surface area contributed by atoms with Crippen LogP contribution in [-0.2, 0) is 9.59 Å².